The molecule has 3 rings (SSSR count). The lowest BCUT2D eigenvalue weighted by molar-refractivity contribution is 0.0988. The van der Waals surface area contributed by atoms with Gasteiger partial charge in [0.25, 0.3) is 5.91 Å². The van der Waals surface area contributed by atoms with Crippen LogP contribution in [-0.2, 0) is 0 Å². The van der Waals surface area contributed by atoms with Crippen LogP contribution in [-0.4, -0.2) is 19.2 Å². The lowest BCUT2D eigenvalue weighted by atomic mass is 10.1. The van der Waals surface area contributed by atoms with Crippen LogP contribution in [0.3, 0.4) is 0 Å². The van der Waals surface area contributed by atoms with Crippen LogP contribution in [0.5, 0.6) is 11.5 Å². The molecule has 1 aliphatic heterocycles. The molecule has 4 nitrogen and oxygen atoms in total. The molecule has 0 bridgehead atoms. The molecule has 2 aromatic carbocycles. The number of rotatable bonds is 3. The first-order valence-corrected chi connectivity index (χ1v) is 6.56. The van der Waals surface area contributed by atoms with Crippen LogP contribution in [0.15, 0.2) is 48.5 Å². The predicted octanol–water partition coefficient (Wildman–Crippen LogP) is 3.08. The van der Waals surface area contributed by atoms with Gasteiger partial charge in [-0.25, -0.2) is 0 Å². The van der Waals surface area contributed by atoms with E-state index in [2.05, 4.69) is 0 Å². The maximum Gasteiger partial charge on any atom is 0.258 e. The van der Waals surface area contributed by atoms with Gasteiger partial charge in [0.2, 0.25) is 6.79 Å². The highest BCUT2D eigenvalue weighted by atomic mass is 16.7. The zero-order valence-electron chi connectivity index (χ0n) is 11.2. The lowest BCUT2D eigenvalue weighted by Gasteiger charge is -2.21. The van der Waals surface area contributed by atoms with Crippen LogP contribution in [0.1, 0.15) is 17.3 Å². The Morgan fingerprint density at radius 1 is 1.10 bits per heavy atom. The second kappa shape index (κ2) is 5.25. The summed E-state index contributed by atoms with van der Waals surface area (Å²) < 4.78 is 10.6. The van der Waals surface area contributed by atoms with Gasteiger partial charge < -0.3 is 14.4 Å². The molecule has 0 radical (unpaired) electrons. The molecular weight excluding hydrogens is 254 g/mol. The first-order valence-electron chi connectivity index (χ1n) is 6.56. The van der Waals surface area contributed by atoms with E-state index in [0.29, 0.717) is 23.6 Å². The number of hydrogen-bond donors (Lipinski definition) is 0. The van der Waals surface area contributed by atoms with Gasteiger partial charge >= 0.3 is 0 Å². The van der Waals surface area contributed by atoms with E-state index in [0.717, 1.165) is 5.69 Å². The predicted molar refractivity (Wildman–Crippen MR) is 76.4 cm³/mol. The number of carbonyl (C=O) groups is 1. The Kier molecular flexibility index (Phi) is 3.29. The fourth-order valence-corrected chi connectivity index (χ4v) is 2.24. The maximum absolute atomic E-state index is 12.6. The number of amides is 1. The topological polar surface area (TPSA) is 38.8 Å². The number of carbonyl (C=O) groups excluding carboxylic acids is 1. The summed E-state index contributed by atoms with van der Waals surface area (Å²) in [5.41, 5.74) is 1.48. The number of para-hydroxylation sites is 1. The van der Waals surface area contributed by atoms with E-state index in [9.17, 15) is 4.79 Å². The molecule has 0 saturated carbocycles. The van der Waals surface area contributed by atoms with Gasteiger partial charge in [-0.05, 0) is 37.3 Å². The van der Waals surface area contributed by atoms with Crippen molar-refractivity contribution in [3.63, 3.8) is 0 Å². The Bertz CT molecular complexity index is 625. The van der Waals surface area contributed by atoms with Crippen molar-refractivity contribution in [1.82, 2.24) is 0 Å². The maximum atomic E-state index is 12.6. The van der Waals surface area contributed by atoms with Crippen LogP contribution in [0.2, 0.25) is 0 Å². The third-order valence-electron chi connectivity index (χ3n) is 3.25. The highest BCUT2D eigenvalue weighted by Gasteiger charge is 2.20. The normalized spacial score (nSPS) is 12.2. The van der Waals surface area contributed by atoms with Crippen LogP contribution >= 0.6 is 0 Å². The number of hydrogen-bond acceptors (Lipinski definition) is 3. The first kappa shape index (κ1) is 12.5. The van der Waals surface area contributed by atoms with E-state index in [4.69, 9.17) is 9.47 Å². The molecule has 102 valence electrons. The van der Waals surface area contributed by atoms with Crippen LogP contribution in [0.4, 0.5) is 5.69 Å². The number of benzene rings is 2. The molecule has 0 unspecified atom stereocenters. The van der Waals surface area contributed by atoms with Crippen LogP contribution < -0.4 is 14.4 Å². The van der Waals surface area contributed by atoms with Gasteiger partial charge in [0.15, 0.2) is 11.5 Å². The van der Waals surface area contributed by atoms with E-state index in [1.165, 1.54) is 0 Å². The third kappa shape index (κ3) is 2.20. The quantitative estimate of drug-likeness (QED) is 0.859. The monoisotopic (exact) mass is 269 g/mol. The van der Waals surface area contributed by atoms with Gasteiger partial charge in [-0.2, -0.15) is 0 Å². The Labute approximate surface area is 117 Å². The minimum absolute atomic E-state index is 0.0444. The van der Waals surface area contributed by atoms with Gasteiger partial charge in [-0.15, -0.1) is 0 Å². The molecule has 4 heteroatoms. The van der Waals surface area contributed by atoms with E-state index in [1.807, 2.05) is 37.3 Å². The Morgan fingerprint density at radius 3 is 2.60 bits per heavy atom. The minimum Gasteiger partial charge on any atom is -0.454 e. The summed E-state index contributed by atoms with van der Waals surface area (Å²) in [6, 6.07) is 14.9. The smallest absolute Gasteiger partial charge is 0.258 e. The molecule has 0 fully saturated rings. The number of ether oxygens (including phenoxy) is 2. The summed E-state index contributed by atoms with van der Waals surface area (Å²) in [5.74, 6) is 1.27. The van der Waals surface area contributed by atoms with Gasteiger partial charge in [0, 0.05) is 17.8 Å². The molecule has 0 atom stereocenters. The average Bonchev–Trinajstić information content (AvgIpc) is 2.96. The third-order valence-corrected chi connectivity index (χ3v) is 3.25. The molecule has 20 heavy (non-hydrogen) atoms. The van der Waals surface area contributed by atoms with E-state index < -0.39 is 0 Å². The molecule has 1 heterocycles. The zero-order valence-corrected chi connectivity index (χ0v) is 11.2. The first-order chi connectivity index (χ1) is 9.79. The fourth-order valence-electron chi connectivity index (χ4n) is 2.24. The summed E-state index contributed by atoms with van der Waals surface area (Å²) in [6.07, 6.45) is 0. The van der Waals surface area contributed by atoms with Crippen molar-refractivity contribution in [1.29, 1.82) is 0 Å². The summed E-state index contributed by atoms with van der Waals surface area (Å²) in [7, 11) is 0. The molecule has 1 aliphatic rings. The standard InChI is InChI=1S/C16H15NO3/c1-2-17(13-6-4-3-5-7-13)16(18)12-8-9-14-15(10-12)20-11-19-14/h3-10H,2,11H2,1H3. The lowest BCUT2D eigenvalue weighted by Crippen LogP contribution is -2.30. The molecule has 0 N–H and O–H groups in total. The number of fused-ring (bicyclic) bond motifs is 1. The second-order valence-electron chi connectivity index (χ2n) is 4.45. The molecular formula is C16H15NO3. The molecule has 0 aliphatic carbocycles. The molecule has 0 aromatic heterocycles. The van der Waals surface area contributed by atoms with E-state index in [1.54, 1.807) is 23.1 Å². The molecule has 1 amide bonds. The van der Waals surface area contributed by atoms with Gasteiger partial charge in [-0.1, -0.05) is 18.2 Å². The summed E-state index contributed by atoms with van der Waals surface area (Å²) in [5, 5.41) is 0. The largest absolute Gasteiger partial charge is 0.454 e. The van der Waals surface area contributed by atoms with Gasteiger partial charge in [0.05, 0.1) is 0 Å². The Balaban J connectivity index is 1.91. The van der Waals surface area contributed by atoms with Crippen molar-refractivity contribution in [2.45, 2.75) is 6.92 Å². The summed E-state index contributed by atoms with van der Waals surface area (Å²) in [6.45, 7) is 2.78. The van der Waals surface area contributed by atoms with Crippen molar-refractivity contribution < 1.29 is 14.3 Å². The minimum atomic E-state index is -0.0444. The Morgan fingerprint density at radius 2 is 1.85 bits per heavy atom. The second-order valence-corrected chi connectivity index (χ2v) is 4.45. The van der Waals surface area contributed by atoms with E-state index in [-0.39, 0.29) is 12.7 Å². The van der Waals surface area contributed by atoms with Crippen molar-refractivity contribution in [2.24, 2.45) is 0 Å². The molecule has 0 saturated heterocycles. The van der Waals surface area contributed by atoms with Gasteiger partial charge in [-0.3, -0.25) is 4.79 Å². The van der Waals surface area contributed by atoms with Crippen molar-refractivity contribution in [2.75, 3.05) is 18.2 Å². The molecule has 2 aromatic rings. The van der Waals surface area contributed by atoms with Crippen LogP contribution in [0, 0.1) is 0 Å². The highest BCUT2D eigenvalue weighted by molar-refractivity contribution is 6.06. The summed E-state index contributed by atoms with van der Waals surface area (Å²) in [4.78, 5) is 14.3. The SMILES string of the molecule is CCN(C(=O)c1ccc2c(c1)OCO2)c1ccccc1. The highest BCUT2D eigenvalue weighted by Crippen LogP contribution is 2.33. The van der Waals surface area contributed by atoms with Crippen molar-refractivity contribution >= 4 is 11.6 Å². The van der Waals surface area contributed by atoms with Gasteiger partial charge in [0.1, 0.15) is 0 Å². The van der Waals surface area contributed by atoms with Crippen LogP contribution in [0.25, 0.3) is 0 Å². The van der Waals surface area contributed by atoms with Crippen molar-refractivity contribution in [3.8, 4) is 11.5 Å². The fraction of sp³-hybridized carbons (Fsp3) is 0.188. The Hall–Kier alpha value is -2.49. The molecule has 0 spiro atoms. The average molecular weight is 269 g/mol. The van der Waals surface area contributed by atoms with Crippen molar-refractivity contribution in [3.05, 3.63) is 54.1 Å². The van der Waals surface area contributed by atoms with E-state index >= 15 is 0 Å². The summed E-state index contributed by atoms with van der Waals surface area (Å²) >= 11 is 0. The zero-order chi connectivity index (χ0) is 13.9. The number of anilines is 1. The number of nitrogens with zero attached hydrogens (tertiary/aromatic N) is 1.